The molecule has 0 fully saturated rings. The van der Waals surface area contributed by atoms with Crippen LogP contribution in [0.25, 0.3) is 0 Å². The standard InChI is InChI=1S/C11H12BrN3S/c1-15-11(12)8(6-14-15)9-10-7(2-4-13-9)3-5-16-10/h3,5-6,9,13H,2,4H2,1H3. The molecule has 0 saturated heterocycles. The fraction of sp³-hybridized carbons (Fsp3) is 0.364. The number of aromatic nitrogens is 2. The van der Waals surface area contributed by atoms with Gasteiger partial charge >= 0.3 is 0 Å². The number of aryl methyl sites for hydroxylation is 1. The van der Waals surface area contributed by atoms with E-state index in [1.807, 2.05) is 29.3 Å². The summed E-state index contributed by atoms with van der Waals surface area (Å²) in [5.41, 5.74) is 2.70. The van der Waals surface area contributed by atoms with Gasteiger partial charge in [0.1, 0.15) is 4.60 Å². The first-order valence-electron chi connectivity index (χ1n) is 5.24. The van der Waals surface area contributed by atoms with Gasteiger partial charge in [-0.3, -0.25) is 4.68 Å². The van der Waals surface area contributed by atoms with Crippen molar-refractivity contribution >= 4 is 27.3 Å². The molecule has 5 heteroatoms. The van der Waals surface area contributed by atoms with E-state index in [-0.39, 0.29) is 0 Å². The number of hydrogen-bond donors (Lipinski definition) is 1. The molecule has 1 N–H and O–H groups in total. The highest BCUT2D eigenvalue weighted by atomic mass is 79.9. The summed E-state index contributed by atoms with van der Waals surface area (Å²) in [6.45, 7) is 1.04. The van der Waals surface area contributed by atoms with Gasteiger partial charge in [0.15, 0.2) is 0 Å². The second-order valence-corrected chi connectivity index (χ2v) is 5.66. The summed E-state index contributed by atoms with van der Waals surface area (Å²) in [6.07, 6.45) is 3.07. The van der Waals surface area contributed by atoms with Gasteiger partial charge in [0, 0.05) is 24.0 Å². The monoisotopic (exact) mass is 297 g/mol. The van der Waals surface area contributed by atoms with Crippen molar-refractivity contribution in [2.75, 3.05) is 6.54 Å². The Morgan fingerprint density at radius 2 is 2.50 bits per heavy atom. The second kappa shape index (κ2) is 3.98. The number of rotatable bonds is 1. The topological polar surface area (TPSA) is 29.9 Å². The molecule has 1 aliphatic heterocycles. The zero-order valence-corrected chi connectivity index (χ0v) is 11.3. The van der Waals surface area contributed by atoms with E-state index in [2.05, 4.69) is 37.8 Å². The Balaban J connectivity index is 2.07. The molecular formula is C11H12BrN3S. The van der Waals surface area contributed by atoms with Crippen LogP contribution in [-0.2, 0) is 13.5 Å². The number of hydrogen-bond acceptors (Lipinski definition) is 3. The van der Waals surface area contributed by atoms with Crippen molar-refractivity contribution in [1.82, 2.24) is 15.1 Å². The van der Waals surface area contributed by atoms with Crippen LogP contribution in [0.4, 0.5) is 0 Å². The van der Waals surface area contributed by atoms with E-state index in [0.717, 1.165) is 17.6 Å². The molecule has 3 nitrogen and oxygen atoms in total. The molecule has 3 rings (SSSR count). The van der Waals surface area contributed by atoms with E-state index in [4.69, 9.17) is 0 Å². The minimum absolute atomic E-state index is 0.298. The lowest BCUT2D eigenvalue weighted by Gasteiger charge is -2.23. The Hall–Kier alpha value is -0.650. The second-order valence-electron chi connectivity index (χ2n) is 3.96. The van der Waals surface area contributed by atoms with Crippen LogP contribution in [0.15, 0.2) is 22.2 Å². The molecule has 0 saturated carbocycles. The molecular weight excluding hydrogens is 286 g/mol. The Morgan fingerprint density at radius 1 is 1.62 bits per heavy atom. The van der Waals surface area contributed by atoms with Gasteiger partial charge in [-0.1, -0.05) is 0 Å². The Bertz CT molecular complexity index is 517. The van der Waals surface area contributed by atoms with E-state index >= 15 is 0 Å². The molecule has 3 heterocycles. The van der Waals surface area contributed by atoms with Crippen molar-refractivity contribution in [3.63, 3.8) is 0 Å². The summed E-state index contributed by atoms with van der Waals surface area (Å²) in [7, 11) is 1.95. The van der Waals surface area contributed by atoms with E-state index < -0.39 is 0 Å². The van der Waals surface area contributed by atoms with E-state index in [1.54, 1.807) is 0 Å². The van der Waals surface area contributed by atoms with Gasteiger partial charge in [0.2, 0.25) is 0 Å². The third-order valence-electron chi connectivity index (χ3n) is 2.99. The summed E-state index contributed by atoms with van der Waals surface area (Å²) < 4.78 is 2.92. The smallest absolute Gasteiger partial charge is 0.108 e. The molecule has 2 aromatic heterocycles. The SMILES string of the molecule is Cn1ncc(C2NCCc3ccsc32)c1Br. The van der Waals surface area contributed by atoms with Gasteiger partial charge in [0.25, 0.3) is 0 Å². The third-order valence-corrected chi connectivity index (χ3v) is 4.98. The highest BCUT2D eigenvalue weighted by molar-refractivity contribution is 9.10. The molecule has 0 radical (unpaired) electrons. The number of halogens is 1. The van der Waals surface area contributed by atoms with Crippen LogP contribution in [0, 0.1) is 0 Å². The van der Waals surface area contributed by atoms with Gasteiger partial charge in [-0.2, -0.15) is 5.10 Å². The van der Waals surface area contributed by atoms with Crippen LogP contribution in [0.3, 0.4) is 0 Å². The fourth-order valence-corrected chi connectivity index (χ4v) is 3.61. The van der Waals surface area contributed by atoms with E-state index in [1.165, 1.54) is 16.0 Å². The minimum atomic E-state index is 0.298. The molecule has 0 amide bonds. The van der Waals surface area contributed by atoms with Crippen LogP contribution in [0.2, 0.25) is 0 Å². The molecule has 0 aliphatic carbocycles. The molecule has 84 valence electrons. The van der Waals surface area contributed by atoms with Crippen molar-refractivity contribution in [3.8, 4) is 0 Å². The molecule has 2 aromatic rings. The van der Waals surface area contributed by atoms with Gasteiger partial charge in [-0.25, -0.2) is 0 Å². The lowest BCUT2D eigenvalue weighted by atomic mass is 10.0. The summed E-state index contributed by atoms with van der Waals surface area (Å²) in [4.78, 5) is 1.43. The zero-order valence-electron chi connectivity index (χ0n) is 8.90. The number of thiophene rings is 1. The maximum Gasteiger partial charge on any atom is 0.108 e. The Labute approximate surface area is 107 Å². The van der Waals surface area contributed by atoms with Gasteiger partial charge in [0.05, 0.1) is 12.2 Å². The van der Waals surface area contributed by atoms with Crippen LogP contribution >= 0.6 is 27.3 Å². The lowest BCUT2D eigenvalue weighted by molar-refractivity contribution is 0.575. The van der Waals surface area contributed by atoms with Crippen molar-refractivity contribution in [3.05, 3.63) is 38.3 Å². The van der Waals surface area contributed by atoms with Gasteiger partial charge < -0.3 is 5.32 Å². The molecule has 0 spiro atoms. The average molecular weight is 298 g/mol. The van der Waals surface area contributed by atoms with Crippen molar-refractivity contribution in [1.29, 1.82) is 0 Å². The Morgan fingerprint density at radius 3 is 3.25 bits per heavy atom. The molecule has 1 atom stereocenters. The quantitative estimate of drug-likeness (QED) is 0.876. The summed E-state index contributed by atoms with van der Waals surface area (Å²) in [6, 6.07) is 2.53. The van der Waals surface area contributed by atoms with Crippen LogP contribution < -0.4 is 5.32 Å². The highest BCUT2D eigenvalue weighted by Crippen LogP contribution is 2.35. The molecule has 0 aromatic carbocycles. The highest BCUT2D eigenvalue weighted by Gasteiger charge is 2.25. The van der Waals surface area contributed by atoms with E-state index in [0.29, 0.717) is 6.04 Å². The predicted octanol–water partition coefficient (Wildman–Crippen LogP) is 2.48. The maximum atomic E-state index is 4.28. The van der Waals surface area contributed by atoms with Crippen molar-refractivity contribution < 1.29 is 0 Å². The first-order chi connectivity index (χ1) is 7.77. The number of nitrogens with one attached hydrogen (secondary N) is 1. The predicted molar refractivity (Wildman–Crippen MR) is 68.8 cm³/mol. The lowest BCUT2D eigenvalue weighted by Crippen LogP contribution is -2.29. The Kier molecular flexibility index (Phi) is 2.61. The average Bonchev–Trinajstić information content (AvgIpc) is 2.87. The van der Waals surface area contributed by atoms with Crippen molar-refractivity contribution in [2.24, 2.45) is 7.05 Å². The first kappa shape index (κ1) is 10.5. The van der Waals surface area contributed by atoms with Gasteiger partial charge in [-0.15, -0.1) is 11.3 Å². The summed E-state index contributed by atoms with van der Waals surface area (Å²) in [5.74, 6) is 0. The summed E-state index contributed by atoms with van der Waals surface area (Å²) >= 11 is 5.42. The zero-order chi connectivity index (χ0) is 11.1. The molecule has 16 heavy (non-hydrogen) atoms. The largest absolute Gasteiger partial charge is 0.305 e. The van der Waals surface area contributed by atoms with Crippen LogP contribution in [0.1, 0.15) is 22.0 Å². The first-order valence-corrected chi connectivity index (χ1v) is 6.91. The van der Waals surface area contributed by atoms with E-state index in [9.17, 15) is 0 Å². The number of nitrogens with zero attached hydrogens (tertiary/aromatic N) is 2. The third kappa shape index (κ3) is 1.54. The molecule has 0 bridgehead atoms. The maximum absolute atomic E-state index is 4.28. The van der Waals surface area contributed by atoms with Gasteiger partial charge in [-0.05, 0) is 39.4 Å². The minimum Gasteiger partial charge on any atom is -0.305 e. The molecule has 1 aliphatic rings. The normalized spacial score (nSPS) is 19.8. The fourth-order valence-electron chi connectivity index (χ4n) is 2.14. The molecule has 1 unspecified atom stereocenters. The number of fused-ring (bicyclic) bond motifs is 1. The van der Waals surface area contributed by atoms with Crippen LogP contribution in [0.5, 0.6) is 0 Å². The van der Waals surface area contributed by atoms with Crippen LogP contribution in [-0.4, -0.2) is 16.3 Å². The summed E-state index contributed by atoms with van der Waals surface area (Å²) in [5, 5.41) is 10.0. The van der Waals surface area contributed by atoms with Crippen molar-refractivity contribution in [2.45, 2.75) is 12.5 Å².